The van der Waals surface area contributed by atoms with Crippen molar-refractivity contribution in [2.45, 2.75) is 26.9 Å². The molecule has 0 aliphatic heterocycles. The van der Waals surface area contributed by atoms with Crippen molar-refractivity contribution in [1.29, 1.82) is 0 Å². The van der Waals surface area contributed by atoms with Gasteiger partial charge in [-0.15, -0.1) is 0 Å². The summed E-state index contributed by atoms with van der Waals surface area (Å²) in [6.45, 7) is 12.6. The second kappa shape index (κ2) is 18.5. The van der Waals surface area contributed by atoms with Gasteiger partial charge in [0.25, 0.3) is 0 Å². The molecular weight excluding hydrogens is 440 g/mol. The van der Waals surface area contributed by atoms with Crippen molar-refractivity contribution in [3.63, 3.8) is 0 Å². The van der Waals surface area contributed by atoms with Crippen LogP contribution in [0.5, 0.6) is 0 Å². The van der Waals surface area contributed by atoms with Crippen molar-refractivity contribution < 1.29 is 47.6 Å². The van der Waals surface area contributed by atoms with Gasteiger partial charge < -0.3 is 39.1 Å². The topological polar surface area (TPSA) is 148 Å². The number of alkyl carbamates (subject to hydrolysis) is 2. The van der Waals surface area contributed by atoms with E-state index < -0.39 is 24.1 Å². The van der Waals surface area contributed by atoms with Gasteiger partial charge in [0.2, 0.25) is 0 Å². The van der Waals surface area contributed by atoms with Gasteiger partial charge in [-0.05, 0) is 20.8 Å². The fourth-order valence-electron chi connectivity index (χ4n) is 1.82. The zero-order chi connectivity index (χ0) is 25.1. The predicted octanol–water partition coefficient (Wildman–Crippen LogP) is 1.10. The maximum absolute atomic E-state index is 11.5. The highest BCUT2D eigenvalue weighted by Crippen LogP contribution is 1.94. The summed E-state index contributed by atoms with van der Waals surface area (Å²) >= 11 is 0. The first-order valence-electron chi connectivity index (χ1n) is 10.3. The van der Waals surface area contributed by atoms with Crippen LogP contribution in [-0.2, 0) is 38.0 Å². The maximum Gasteiger partial charge on any atom is 0.407 e. The van der Waals surface area contributed by atoms with Crippen molar-refractivity contribution in [2.24, 2.45) is 0 Å². The zero-order valence-electron chi connectivity index (χ0n) is 19.4. The Hall–Kier alpha value is -3.12. The van der Waals surface area contributed by atoms with Gasteiger partial charge in [-0.3, -0.25) is 0 Å². The molecule has 12 heteroatoms. The molecule has 0 aromatic heterocycles. The highest BCUT2D eigenvalue weighted by Gasteiger charge is 2.07. The van der Waals surface area contributed by atoms with Gasteiger partial charge in [0.1, 0.15) is 26.4 Å². The highest BCUT2D eigenvalue weighted by molar-refractivity contribution is 5.87. The van der Waals surface area contributed by atoms with E-state index in [4.69, 9.17) is 28.4 Å². The summed E-state index contributed by atoms with van der Waals surface area (Å²) in [6.07, 6.45) is -1.58. The van der Waals surface area contributed by atoms with E-state index in [0.717, 1.165) is 0 Å². The molecule has 0 heterocycles. The maximum atomic E-state index is 11.5. The lowest BCUT2D eigenvalue weighted by Crippen LogP contribution is -2.30. The number of hydrogen-bond acceptors (Lipinski definition) is 10. The molecule has 188 valence electrons. The van der Waals surface area contributed by atoms with Crippen LogP contribution in [0.2, 0.25) is 0 Å². The third-order valence-corrected chi connectivity index (χ3v) is 3.44. The molecule has 0 aliphatic carbocycles. The fourth-order valence-corrected chi connectivity index (χ4v) is 1.82. The second-order valence-electron chi connectivity index (χ2n) is 6.71. The Morgan fingerprint density at radius 2 is 1.15 bits per heavy atom. The Kier molecular flexibility index (Phi) is 16.7. The zero-order valence-corrected chi connectivity index (χ0v) is 19.4. The lowest BCUT2D eigenvalue weighted by atomic mass is 10.4. The van der Waals surface area contributed by atoms with E-state index in [1.165, 1.54) is 13.8 Å². The Morgan fingerprint density at radius 1 is 0.697 bits per heavy atom. The molecule has 0 saturated heterocycles. The predicted molar refractivity (Wildman–Crippen MR) is 116 cm³/mol. The van der Waals surface area contributed by atoms with Gasteiger partial charge in [-0.2, -0.15) is 0 Å². The molecule has 2 N–H and O–H groups in total. The van der Waals surface area contributed by atoms with E-state index in [0.29, 0.717) is 0 Å². The molecule has 33 heavy (non-hydrogen) atoms. The van der Waals surface area contributed by atoms with Crippen LogP contribution in [0.4, 0.5) is 9.59 Å². The van der Waals surface area contributed by atoms with Crippen LogP contribution < -0.4 is 10.6 Å². The minimum absolute atomic E-state index is 0.0158. The second-order valence-corrected chi connectivity index (χ2v) is 6.71. The smallest absolute Gasteiger partial charge is 0.407 e. The van der Waals surface area contributed by atoms with Gasteiger partial charge in [-0.25, -0.2) is 19.2 Å². The van der Waals surface area contributed by atoms with Crippen LogP contribution in [0.15, 0.2) is 24.3 Å². The molecule has 1 unspecified atom stereocenters. The van der Waals surface area contributed by atoms with E-state index in [-0.39, 0.29) is 76.6 Å². The Morgan fingerprint density at radius 3 is 1.61 bits per heavy atom. The van der Waals surface area contributed by atoms with Gasteiger partial charge in [-0.1, -0.05) is 13.2 Å². The molecule has 0 aliphatic rings. The van der Waals surface area contributed by atoms with E-state index >= 15 is 0 Å². The molecular formula is C21H34N2O10. The summed E-state index contributed by atoms with van der Waals surface area (Å²) in [5.74, 6) is -1.05. The molecule has 0 fully saturated rings. The van der Waals surface area contributed by atoms with Crippen LogP contribution in [0.25, 0.3) is 0 Å². The molecule has 0 saturated carbocycles. The van der Waals surface area contributed by atoms with Crippen LogP contribution in [0, 0.1) is 0 Å². The Balaban J connectivity index is 3.55. The van der Waals surface area contributed by atoms with Crippen molar-refractivity contribution in [2.75, 3.05) is 59.3 Å². The van der Waals surface area contributed by atoms with E-state index in [9.17, 15) is 19.2 Å². The Bertz CT molecular complexity index is 665. The number of esters is 2. The summed E-state index contributed by atoms with van der Waals surface area (Å²) in [6, 6.07) is 0. The summed E-state index contributed by atoms with van der Waals surface area (Å²) in [5, 5.41) is 4.85. The molecule has 0 rings (SSSR count). The largest absolute Gasteiger partial charge is 0.460 e. The molecule has 0 radical (unpaired) electrons. The minimum atomic E-state index is -0.654. The Labute approximate surface area is 193 Å². The van der Waals surface area contributed by atoms with Gasteiger partial charge in [0, 0.05) is 11.1 Å². The summed E-state index contributed by atoms with van der Waals surface area (Å²) in [7, 11) is 0. The van der Waals surface area contributed by atoms with Gasteiger partial charge in [0.15, 0.2) is 0 Å². The normalized spacial score (nSPS) is 11.0. The number of rotatable bonds is 17. The number of nitrogens with one attached hydrogen (secondary N) is 2. The standard InChI is InChI=1S/C21H34N2O10/c1-15(2)18(24)30-8-6-22-20(26)32-11-10-28-14-17(5)29-12-13-33-21(27)23-7-9-31-19(25)16(3)4/h17H,1,3,6-14H2,2,4-5H3,(H,22,26)(H,23,27). The molecule has 2 amide bonds. The third-order valence-electron chi connectivity index (χ3n) is 3.44. The summed E-state index contributed by atoms with van der Waals surface area (Å²) < 4.78 is 30.2. The van der Waals surface area contributed by atoms with Crippen LogP contribution in [0.1, 0.15) is 20.8 Å². The van der Waals surface area contributed by atoms with Crippen LogP contribution in [-0.4, -0.2) is 89.6 Å². The van der Waals surface area contributed by atoms with Crippen molar-refractivity contribution in [3.05, 3.63) is 24.3 Å². The molecule has 1 atom stereocenters. The number of amides is 2. The van der Waals surface area contributed by atoms with E-state index in [1.807, 2.05) is 0 Å². The first-order chi connectivity index (χ1) is 15.6. The number of carbonyl (C=O) groups excluding carboxylic acids is 4. The average molecular weight is 475 g/mol. The third kappa shape index (κ3) is 18.2. The SMILES string of the molecule is C=C(C)C(=O)OCCNC(=O)OCCOCC(C)OCCOC(=O)NCCOC(=O)C(=C)C. The summed E-state index contributed by atoms with van der Waals surface area (Å²) in [5.41, 5.74) is 0.559. The van der Waals surface area contributed by atoms with E-state index in [1.54, 1.807) is 6.92 Å². The molecule has 0 spiro atoms. The minimum Gasteiger partial charge on any atom is -0.460 e. The first kappa shape index (κ1) is 29.9. The molecule has 12 nitrogen and oxygen atoms in total. The van der Waals surface area contributed by atoms with Crippen molar-refractivity contribution in [3.8, 4) is 0 Å². The number of hydrogen-bond donors (Lipinski definition) is 2. The number of ether oxygens (including phenoxy) is 6. The van der Waals surface area contributed by atoms with E-state index in [2.05, 4.69) is 23.8 Å². The lowest BCUT2D eigenvalue weighted by Gasteiger charge is -2.14. The van der Waals surface area contributed by atoms with Crippen molar-refractivity contribution >= 4 is 24.1 Å². The van der Waals surface area contributed by atoms with Crippen LogP contribution in [0.3, 0.4) is 0 Å². The van der Waals surface area contributed by atoms with Gasteiger partial charge in [0.05, 0.1) is 39.0 Å². The highest BCUT2D eigenvalue weighted by atomic mass is 16.6. The number of carbonyl (C=O) groups is 4. The molecule has 0 aromatic carbocycles. The fraction of sp³-hybridized carbons (Fsp3) is 0.619. The lowest BCUT2D eigenvalue weighted by molar-refractivity contribution is -0.139. The quantitative estimate of drug-likeness (QED) is 0.136. The van der Waals surface area contributed by atoms with Gasteiger partial charge >= 0.3 is 24.1 Å². The monoisotopic (exact) mass is 474 g/mol. The average Bonchev–Trinajstić information content (AvgIpc) is 2.76. The molecule has 0 aromatic rings. The summed E-state index contributed by atoms with van der Waals surface area (Å²) in [4.78, 5) is 45.2. The first-order valence-corrected chi connectivity index (χ1v) is 10.3. The van der Waals surface area contributed by atoms with Crippen LogP contribution >= 0.6 is 0 Å². The molecule has 0 bridgehead atoms. The van der Waals surface area contributed by atoms with Crippen molar-refractivity contribution in [1.82, 2.24) is 10.6 Å².